The van der Waals surface area contributed by atoms with Crippen LogP contribution in [0, 0.1) is 0 Å². The van der Waals surface area contributed by atoms with Gasteiger partial charge in [0.25, 0.3) is 0 Å². The lowest BCUT2D eigenvalue weighted by atomic mass is 10.2. The summed E-state index contributed by atoms with van der Waals surface area (Å²) in [6.45, 7) is 5.63. The Morgan fingerprint density at radius 3 is 2.62 bits per heavy atom. The fourth-order valence-electron chi connectivity index (χ4n) is 2.43. The number of nitrogens with zero attached hydrogens (tertiary/aromatic N) is 1. The molecule has 0 aliphatic rings. The number of rotatable bonds is 10. The van der Waals surface area contributed by atoms with E-state index in [1.165, 1.54) is 0 Å². The first-order chi connectivity index (χ1) is 12.5. The van der Waals surface area contributed by atoms with E-state index in [1.807, 2.05) is 37.3 Å². The monoisotopic (exact) mass is 440 g/mol. The predicted octanol–water partition coefficient (Wildman–Crippen LogP) is 4.73. The van der Waals surface area contributed by atoms with Crippen LogP contribution in [0.2, 0.25) is 5.02 Å². The zero-order chi connectivity index (χ0) is 18.9. The van der Waals surface area contributed by atoms with Crippen molar-refractivity contribution in [3.63, 3.8) is 0 Å². The molecule has 142 valence electrons. The Balaban J connectivity index is 2.09. The van der Waals surface area contributed by atoms with Crippen molar-refractivity contribution >= 4 is 27.5 Å². The average Bonchev–Trinajstić information content (AvgIpc) is 2.59. The third-order valence-corrected chi connectivity index (χ3v) is 4.72. The molecular weight excluding hydrogens is 416 g/mol. The van der Waals surface area contributed by atoms with Crippen molar-refractivity contribution in [2.75, 3.05) is 33.8 Å². The molecule has 0 atom stereocenters. The molecule has 0 aliphatic carbocycles. The lowest BCUT2D eigenvalue weighted by Gasteiger charge is -2.16. The lowest BCUT2D eigenvalue weighted by Crippen LogP contribution is -2.26. The van der Waals surface area contributed by atoms with E-state index in [4.69, 9.17) is 21.1 Å². The molecule has 0 spiro atoms. The second-order valence-corrected chi connectivity index (χ2v) is 7.46. The molecule has 0 heterocycles. The number of halogens is 2. The summed E-state index contributed by atoms with van der Waals surface area (Å²) in [5.74, 6) is 1.43. The minimum absolute atomic E-state index is 0.388. The van der Waals surface area contributed by atoms with Crippen LogP contribution in [0.3, 0.4) is 0 Å². The van der Waals surface area contributed by atoms with Crippen molar-refractivity contribution in [3.8, 4) is 11.5 Å². The smallest absolute Gasteiger partial charge is 0.175 e. The van der Waals surface area contributed by atoms with Gasteiger partial charge in [0, 0.05) is 30.2 Å². The van der Waals surface area contributed by atoms with Crippen LogP contribution >= 0.6 is 27.5 Å². The van der Waals surface area contributed by atoms with Crippen molar-refractivity contribution in [1.82, 2.24) is 10.2 Å². The molecule has 0 aliphatic heterocycles. The first kappa shape index (κ1) is 21.0. The normalized spacial score (nSPS) is 11.0. The third-order valence-electron chi connectivity index (χ3n) is 3.76. The van der Waals surface area contributed by atoms with Gasteiger partial charge < -0.3 is 19.7 Å². The molecule has 2 aromatic carbocycles. The fourth-order valence-corrected chi connectivity index (χ4v) is 3.22. The molecule has 0 unspecified atom stereocenters. The Labute approximate surface area is 169 Å². The molecule has 2 aromatic rings. The van der Waals surface area contributed by atoms with E-state index in [0.717, 1.165) is 41.0 Å². The maximum atomic E-state index is 6.21. The molecule has 0 fully saturated rings. The van der Waals surface area contributed by atoms with Crippen LogP contribution in [-0.2, 0) is 13.2 Å². The molecule has 26 heavy (non-hydrogen) atoms. The summed E-state index contributed by atoms with van der Waals surface area (Å²) in [6, 6.07) is 11.8. The van der Waals surface area contributed by atoms with Gasteiger partial charge in [-0.2, -0.15) is 0 Å². The summed E-state index contributed by atoms with van der Waals surface area (Å²) in [4.78, 5) is 2.15. The van der Waals surface area contributed by atoms with Crippen LogP contribution in [0.5, 0.6) is 11.5 Å². The lowest BCUT2D eigenvalue weighted by molar-refractivity contribution is 0.267. The van der Waals surface area contributed by atoms with Crippen molar-refractivity contribution < 1.29 is 9.47 Å². The third kappa shape index (κ3) is 6.47. The fraction of sp³-hybridized carbons (Fsp3) is 0.400. The van der Waals surface area contributed by atoms with E-state index in [2.05, 4.69) is 46.3 Å². The van der Waals surface area contributed by atoms with Gasteiger partial charge in [-0.15, -0.1) is 0 Å². The van der Waals surface area contributed by atoms with Gasteiger partial charge in [-0.05, 0) is 60.7 Å². The van der Waals surface area contributed by atoms with Crippen molar-refractivity contribution in [1.29, 1.82) is 0 Å². The first-order valence-corrected chi connectivity index (χ1v) is 9.85. The maximum Gasteiger partial charge on any atom is 0.175 e. The van der Waals surface area contributed by atoms with Gasteiger partial charge in [0.15, 0.2) is 11.5 Å². The molecule has 6 heteroatoms. The predicted molar refractivity (Wildman–Crippen MR) is 111 cm³/mol. The molecule has 0 amide bonds. The number of ether oxygens (including phenoxy) is 2. The number of hydrogen-bond donors (Lipinski definition) is 1. The van der Waals surface area contributed by atoms with E-state index in [9.17, 15) is 0 Å². The summed E-state index contributed by atoms with van der Waals surface area (Å²) in [5, 5.41) is 4.14. The minimum atomic E-state index is 0.388. The highest BCUT2D eigenvalue weighted by molar-refractivity contribution is 9.10. The number of hydrogen-bond acceptors (Lipinski definition) is 4. The maximum absolute atomic E-state index is 6.21. The van der Waals surface area contributed by atoms with E-state index in [-0.39, 0.29) is 0 Å². The molecule has 0 bridgehead atoms. The summed E-state index contributed by atoms with van der Waals surface area (Å²) in [7, 11) is 4.13. The van der Waals surface area contributed by atoms with E-state index < -0.39 is 0 Å². The molecule has 0 saturated heterocycles. The molecule has 4 nitrogen and oxygen atoms in total. The first-order valence-electron chi connectivity index (χ1n) is 8.68. The second kappa shape index (κ2) is 10.8. The number of likely N-dealkylation sites (N-methyl/N-ethyl adjacent to an activating group) is 1. The number of benzene rings is 2. The standard InChI is InChI=1S/C20H26BrClN2O2/c1-4-25-19-12-15(13-23-9-10-24(2)3)11-17(21)20(19)26-14-16-7-5-6-8-18(16)22/h5-8,11-12,23H,4,9-10,13-14H2,1-3H3. The SMILES string of the molecule is CCOc1cc(CNCCN(C)C)cc(Br)c1OCc1ccccc1Cl. The van der Waals surface area contributed by atoms with Crippen LogP contribution < -0.4 is 14.8 Å². The molecule has 0 saturated carbocycles. The molecule has 2 rings (SSSR count). The summed E-state index contributed by atoms with van der Waals surface area (Å²) in [5.41, 5.74) is 2.09. The quantitative estimate of drug-likeness (QED) is 0.540. The Morgan fingerprint density at radius 1 is 1.15 bits per heavy atom. The van der Waals surface area contributed by atoms with Gasteiger partial charge >= 0.3 is 0 Å². The average molecular weight is 442 g/mol. The Morgan fingerprint density at radius 2 is 1.92 bits per heavy atom. The van der Waals surface area contributed by atoms with Crippen LogP contribution in [-0.4, -0.2) is 38.7 Å². The van der Waals surface area contributed by atoms with Gasteiger partial charge in [0.2, 0.25) is 0 Å². The second-order valence-electron chi connectivity index (χ2n) is 6.20. The van der Waals surface area contributed by atoms with Crippen molar-refractivity contribution in [2.45, 2.75) is 20.1 Å². The largest absolute Gasteiger partial charge is 0.490 e. The van der Waals surface area contributed by atoms with Crippen molar-refractivity contribution in [2.24, 2.45) is 0 Å². The van der Waals surface area contributed by atoms with Crippen LogP contribution in [0.15, 0.2) is 40.9 Å². The van der Waals surface area contributed by atoms with Crippen LogP contribution in [0.1, 0.15) is 18.1 Å². The zero-order valence-corrected chi connectivity index (χ0v) is 17.9. The minimum Gasteiger partial charge on any atom is -0.490 e. The van der Waals surface area contributed by atoms with Crippen LogP contribution in [0.4, 0.5) is 0 Å². The Bertz CT molecular complexity index is 710. The topological polar surface area (TPSA) is 33.7 Å². The number of nitrogens with one attached hydrogen (secondary N) is 1. The Hall–Kier alpha value is -1.27. The van der Waals surface area contributed by atoms with Gasteiger partial charge in [0.1, 0.15) is 6.61 Å². The van der Waals surface area contributed by atoms with Crippen molar-refractivity contribution in [3.05, 3.63) is 57.0 Å². The Kier molecular flexibility index (Phi) is 8.72. The van der Waals surface area contributed by atoms with Gasteiger partial charge in [-0.1, -0.05) is 29.8 Å². The highest BCUT2D eigenvalue weighted by atomic mass is 79.9. The molecular formula is C20H26BrClN2O2. The zero-order valence-electron chi connectivity index (χ0n) is 15.5. The molecule has 0 radical (unpaired) electrons. The highest BCUT2D eigenvalue weighted by Crippen LogP contribution is 2.37. The van der Waals surface area contributed by atoms with Crippen LogP contribution in [0.25, 0.3) is 0 Å². The van der Waals surface area contributed by atoms with E-state index in [1.54, 1.807) is 0 Å². The van der Waals surface area contributed by atoms with Gasteiger partial charge in [-0.25, -0.2) is 0 Å². The molecule has 1 N–H and O–H groups in total. The summed E-state index contributed by atoms with van der Waals surface area (Å²) < 4.78 is 12.7. The molecule has 0 aromatic heterocycles. The summed E-state index contributed by atoms with van der Waals surface area (Å²) in [6.07, 6.45) is 0. The van der Waals surface area contributed by atoms with E-state index >= 15 is 0 Å². The van der Waals surface area contributed by atoms with Gasteiger partial charge in [0.05, 0.1) is 11.1 Å². The van der Waals surface area contributed by atoms with E-state index in [0.29, 0.717) is 24.0 Å². The summed E-state index contributed by atoms with van der Waals surface area (Å²) >= 11 is 9.83. The van der Waals surface area contributed by atoms with Gasteiger partial charge in [-0.3, -0.25) is 0 Å². The highest BCUT2D eigenvalue weighted by Gasteiger charge is 2.13.